The summed E-state index contributed by atoms with van der Waals surface area (Å²) in [7, 11) is 0. The fraction of sp³-hybridized carbons (Fsp3) is 0.538. The van der Waals surface area contributed by atoms with Crippen molar-refractivity contribution in [2.45, 2.75) is 18.6 Å². The summed E-state index contributed by atoms with van der Waals surface area (Å²) in [6.07, 6.45) is -5.31. The van der Waals surface area contributed by atoms with Gasteiger partial charge in [-0.3, -0.25) is 4.90 Å². The third kappa shape index (κ3) is 4.01. The Morgan fingerprint density at radius 2 is 1.65 bits per heavy atom. The molecule has 1 heterocycles. The molecule has 0 bridgehead atoms. The van der Waals surface area contributed by atoms with Crippen LogP contribution in [-0.2, 0) is 0 Å². The lowest BCUT2D eigenvalue weighted by atomic mass is 10.00. The van der Waals surface area contributed by atoms with E-state index in [2.05, 4.69) is 5.32 Å². The molecule has 0 spiro atoms. The second kappa shape index (κ2) is 5.88. The maximum atomic E-state index is 12.8. The molecular weight excluding hydrogens is 273 g/mol. The van der Waals surface area contributed by atoms with Crippen molar-refractivity contribution in [3.05, 3.63) is 23.8 Å². The Hall–Kier alpha value is -1.47. The Balaban J connectivity index is 2.29. The van der Waals surface area contributed by atoms with Crippen LogP contribution in [0.15, 0.2) is 18.2 Å². The molecule has 0 amide bonds. The number of hydrogen-bond donors (Lipinski definition) is 3. The highest BCUT2D eigenvalue weighted by Gasteiger charge is 2.36. The molecule has 0 aliphatic carbocycles. The van der Waals surface area contributed by atoms with Crippen LogP contribution in [0.5, 0.6) is 11.5 Å². The topological polar surface area (TPSA) is 55.7 Å². The number of nitrogens with one attached hydrogen (secondary N) is 1. The van der Waals surface area contributed by atoms with Crippen LogP contribution in [0.3, 0.4) is 0 Å². The summed E-state index contributed by atoms with van der Waals surface area (Å²) in [4.78, 5) is 1.72. The molecule has 3 N–H and O–H groups in total. The average molecular weight is 290 g/mol. The van der Waals surface area contributed by atoms with Gasteiger partial charge < -0.3 is 15.5 Å². The molecule has 1 aliphatic heterocycles. The highest BCUT2D eigenvalue weighted by Crippen LogP contribution is 2.36. The predicted molar refractivity (Wildman–Crippen MR) is 67.6 cm³/mol. The number of rotatable bonds is 3. The number of nitrogens with zero attached hydrogens (tertiary/aromatic N) is 1. The summed E-state index contributed by atoms with van der Waals surface area (Å²) >= 11 is 0. The fourth-order valence-electron chi connectivity index (χ4n) is 2.48. The molecule has 1 saturated heterocycles. The number of alkyl halides is 3. The minimum absolute atomic E-state index is 0.234. The number of halogens is 3. The largest absolute Gasteiger partial charge is 0.508 e. The third-order valence-corrected chi connectivity index (χ3v) is 3.33. The SMILES string of the molecule is Oc1cc(O)cc([C@@H](CC(F)(F)F)N2CCNCC2)c1. The van der Waals surface area contributed by atoms with Crippen molar-refractivity contribution in [1.29, 1.82) is 0 Å². The van der Waals surface area contributed by atoms with Gasteiger partial charge in [0.25, 0.3) is 0 Å². The number of phenols is 2. The fourth-order valence-corrected chi connectivity index (χ4v) is 2.48. The molecule has 112 valence electrons. The molecule has 1 aromatic rings. The van der Waals surface area contributed by atoms with Crippen molar-refractivity contribution in [3.8, 4) is 11.5 Å². The Labute approximate surface area is 114 Å². The van der Waals surface area contributed by atoms with E-state index in [1.807, 2.05) is 0 Å². The number of benzene rings is 1. The van der Waals surface area contributed by atoms with Gasteiger partial charge in [-0.2, -0.15) is 13.2 Å². The van der Waals surface area contributed by atoms with E-state index in [0.29, 0.717) is 26.2 Å². The molecule has 1 atom stereocenters. The molecule has 1 aliphatic rings. The number of hydrogen-bond acceptors (Lipinski definition) is 4. The molecule has 1 fully saturated rings. The van der Waals surface area contributed by atoms with Crippen molar-refractivity contribution in [3.63, 3.8) is 0 Å². The monoisotopic (exact) mass is 290 g/mol. The van der Waals surface area contributed by atoms with E-state index in [4.69, 9.17) is 0 Å². The van der Waals surface area contributed by atoms with Gasteiger partial charge in [-0.1, -0.05) is 0 Å². The molecule has 7 heteroatoms. The summed E-state index contributed by atoms with van der Waals surface area (Å²) in [5.41, 5.74) is 0.279. The molecule has 2 rings (SSSR count). The highest BCUT2D eigenvalue weighted by atomic mass is 19.4. The van der Waals surface area contributed by atoms with E-state index in [1.165, 1.54) is 12.1 Å². The van der Waals surface area contributed by atoms with Gasteiger partial charge in [0.15, 0.2) is 0 Å². The summed E-state index contributed by atoms with van der Waals surface area (Å²) in [5, 5.41) is 22.0. The van der Waals surface area contributed by atoms with Crippen LogP contribution in [0.25, 0.3) is 0 Å². The lowest BCUT2D eigenvalue weighted by molar-refractivity contribution is -0.148. The molecule has 4 nitrogen and oxygen atoms in total. The number of phenolic OH excluding ortho intramolecular Hbond substituents is 2. The first-order valence-electron chi connectivity index (χ1n) is 6.39. The maximum absolute atomic E-state index is 12.8. The Morgan fingerprint density at radius 3 is 2.15 bits per heavy atom. The molecule has 0 radical (unpaired) electrons. The molecule has 0 aromatic heterocycles. The van der Waals surface area contributed by atoms with Crippen molar-refractivity contribution >= 4 is 0 Å². The van der Waals surface area contributed by atoms with Crippen molar-refractivity contribution < 1.29 is 23.4 Å². The van der Waals surface area contributed by atoms with Crippen molar-refractivity contribution in [2.75, 3.05) is 26.2 Å². The first-order valence-corrected chi connectivity index (χ1v) is 6.39. The Morgan fingerprint density at radius 1 is 1.10 bits per heavy atom. The van der Waals surface area contributed by atoms with Gasteiger partial charge in [-0.05, 0) is 17.7 Å². The molecule has 0 unspecified atom stereocenters. The summed E-state index contributed by atoms with van der Waals surface area (Å²) in [6.45, 7) is 2.24. The minimum Gasteiger partial charge on any atom is -0.508 e. The Kier molecular flexibility index (Phi) is 4.39. The van der Waals surface area contributed by atoms with Crippen LogP contribution in [0.1, 0.15) is 18.0 Å². The first-order chi connectivity index (χ1) is 9.35. The van der Waals surface area contributed by atoms with Crippen LogP contribution in [0, 0.1) is 0 Å². The zero-order valence-electron chi connectivity index (χ0n) is 10.8. The van der Waals surface area contributed by atoms with Gasteiger partial charge in [-0.25, -0.2) is 0 Å². The van der Waals surface area contributed by atoms with E-state index in [9.17, 15) is 23.4 Å². The Bertz CT molecular complexity index is 439. The van der Waals surface area contributed by atoms with E-state index in [0.717, 1.165) is 6.07 Å². The molecular formula is C13H17F3N2O2. The lowest BCUT2D eigenvalue weighted by Gasteiger charge is -2.35. The van der Waals surface area contributed by atoms with E-state index < -0.39 is 18.6 Å². The van der Waals surface area contributed by atoms with Gasteiger partial charge in [0.2, 0.25) is 0 Å². The van der Waals surface area contributed by atoms with Crippen LogP contribution < -0.4 is 5.32 Å². The van der Waals surface area contributed by atoms with Crippen LogP contribution in [0.2, 0.25) is 0 Å². The van der Waals surface area contributed by atoms with E-state index in [1.54, 1.807) is 4.90 Å². The molecule has 0 saturated carbocycles. The summed E-state index contributed by atoms with van der Waals surface area (Å²) in [6, 6.07) is 2.76. The van der Waals surface area contributed by atoms with E-state index in [-0.39, 0.29) is 17.1 Å². The quantitative estimate of drug-likeness (QED) is 0.797. The van der Waals surface area contributed by atoms with Crippen LogP contribution in [-0.4, -0.2) is 47.5 Å². The second-order valence-electron chi connectivity index (χ2n) is 4.90. The van der Waals surface area contributed by atoms with Gasteiger partial charge in [-0.15, -0.1) is 0 Å². The summed E-state index contributed by atoms with van der Waals surface area (Å²) < 4.78 is 38.3. The van der Waals surface area contributed by atoms with Crippen LogP contribution in [0.4, 0.5) is 13.2 Å². The zero-order chi connectivity index (χ0) is 14.8. The van der Waals surface area contributed by atoms with Crippen LogP contribution >= 0.6 is 0 Å². The number of piperazine rings is 1. The molecule has 1 aromatic carbocycles. The predicted octanol–water partition coefficient (Wildman–Crippen LogP) is 2.00. The average Bonchev–Trinajstić information content (AvgIpc) is 2.35. The van der Waals surface area contributed by atoms with Gasteiger partial charge in [0, 0.05) is 38.3 Å². The second-order valence-corrected chi connectivity index (χ2v) is 4.90. The lowest BCUT2D eigenvalue weighted by Crippen LogP contribution is -2.46. The maximum Gasteiger partial charge on any atom is 0.390 e. The smallest absolute Gasteiger partial charge is 0.390 e. The van der Waals surface area contributed by atoms with Crippen molar-refractivity contribution in [1.82, 2.24) is 10.2 Å². The van der Waals surface area contributed by atoms with E-state index >= 15 is 0 Å². The van der Waals surface area contributed by atoms with Gasteiger partial charge in [0.05, 0.1) is 6.42 Å². The highest BCUT2D eigenvalue weighted by molar-refractivity contribution is 5.38. The zero-order valence-corrected chi connectivity index (χ0v) is 10.8. The minimum atomic E-state index is -4.31. The standard InChI is InChI=1S/C13H17F3N2O2/c14-13(15,16)8-12(18-3-1-17-2-4-18)9-5-10(19)7-11(20)6-9/h5-7,12,17,19-20H,1-4,8H2/t12-/m1/s1. The first kappa shape index (κ1) is 14.9. The van der Waals surface area contributed by atoms with Crippen molar-refractivity contribution in [2.24, 2.45) is 0 Å². The van der Waals surface area contributed by atoms with Gasteiger partial charge in [0.1, 0.15) is 11.5 Å². The van der Waals surface area contributed by atoms with Gasteiger partial charge >= 0.3 is 6.18 Å². The normalized spacial score (nSPS) is 18.9. The molecule has 20 heavy (non-hydrogen) atoms. The third-order valence-electron chi connectivity index (χ3n) is 3.33. The summed E-state index contributed by atoms with van der Waals surface area (Å²) in [5.74, 6) is -0.468. The number of aromatic hydroxyl groups is 2.